The van der Waals surface area contributed by atoms with Gasteiger partial charge in [0.25, 0.3) is 11.8 Å². The molecule has 0 bridgehead atoms. The zero-order chi connectivity index (χ0) is 24.3. The minimum absolute atomic E-state index is 0.0241. The molecular weight excluding hydrogens is 434 g/mol. The van der Waals surface area contributed by atoms with E-state index in [0.29, 0.717) is 6.54 Å². The molecule has 0 saturated heterocycles. The maximum Gasteiger partial charge on any atom is 0.397 e. The summed E-state index contributed by atoms with van der Waals surface area (Å²) >= 11 is 0. The van der Waals surface area contributed by atoms with Crippen LogP contribution in [0, 0.1) is 0 Å². The predicted molar refractivity (Wildman–Crippen MR) is 127 cm³/mol. The van der Waals surface area contributed by atoms with Crippen molar-refractivity contribution in [3.8, 4) is 0 Å². The molecule has 0 unspecified atom stereocenters. The van der Waals surface area contributed by atoms with E-state index in [0.717, 1.165) is 11.1 Å². The summed E-state index contributed by atoms with van der Waals surface area (Å²) in [6.07, 6.45) is 0. The van der Waals surface area contributed by atoms with E-state index in [4.69, 9.17) is 4.74 Å². The minimum Gasteiger partial charge on any atom is -0.459 e. The Morgan fingerprint density at radius 2 is 1.29 bits per heavy atom. The van der Waals surface area contributed by atoms with E-state index in [9.17, 15) is 19.2 Å². The van der Waals surface area contributed by atoms with Gasteiger partial charge in [0, 0.05) is 18.7 Å². The molecule has 0 spiro atoms. The van der Waals surface area contributed by atoms with E-state index in [2.05, 4.69) is 16.0 Å². The second kappa shape index (κ2) is 12.0. The zero-order valence-electron chi connectivity index (χ0n) is 18.7. The standard InChI is InChI=1S/C26H25N3O5/c1-2-34-26(33)25(32)29-22-15-20(23(30)27-16-18-9-5-3-6-10-18)13-14-21(22)24(31)28-17-19-11-7-4-8-12-19/h3-15H,2,16-17H2,1H3,(H,27,30)(H,28,31)(H,29,32). The molecule has 0 heterocycles. The molecule has 0 fully saturated rings. The van der Waals surface area contributed by atoms with Crippen molar-refractivity contribution in [3.05, 3.63) is 101 Å². The number of ether oxygens (including phenoxy) is 1. The number of esters is 1. The third-order valence-corrected chi connectivity index (χ3v) is 4.83. The molecule has 0 aliphatic heterocycles. The lowest BCUT2D eigenvalue weighted by Gasteiger charge is -2.13. The molecule has 0 aromatic heterocycles. The number of benzene rings is 3. The number of rotatable bonds is 8. The fourth-order valence-electron chi connectivity index (χ4n) is 3.11. The average molecular weight is 460 g/mol. The first-order chi connectivity index (χ1) is 16.5. The van der Waals surface area contributed by atoms with Crippen molar-refractivity contribution in [1.82, 2.24) is 10.6 Å². The van der Waals surface area contributed by atoms with Crippen LogP contribution in [0.3, 0.4) is 0 Å². The Morgan fingerprint density at radius 3 is 1.85 bits per heavy atom. The topological polar surface area (TPSA) is 114 Å². The maximum atomic E-state index is 12.8. The van der Waals surface area contributed by atoms with E-state index < -0.39 is 23.7 Å². The van der Waals surface area contributed by atoms with Crippen LogP contribution >= 0.6 is 0 Å². The molecule has 0 aliphatic carbocycles. The van der Waals surface area contributed by atoms with Gasteiger partial charge in [-0.15, -0.1) is 0 Å². The second-order valence-corrected chi connectivity index (χ2v) is 7.27. The summed E-state index contributed by atoms with van der Waals surface area (Å²) < 4.78 is 4.72. The third-order valence-electron chi connectivity index (χ3n) is 4.83. The molecule has 8 nitrogen and oxygen atoms in total. The molecule has 174 valence electrons. The van der Waals surface area contributed by atoms with Gasteiger partial charge < -0.3 is 20.7 Å². The SMILES string of the molecule is CCOC(=O)C(=O)Nc1cc(C(=O)NCc2ccccc2)ccc1C(=O)NCc1ccccc1. The van der Waals surface area contributed by atoms with Crippen LogP contribution < -0.4 is 16.0 Å². The largest absolute Gasteiger partial charge is 0.459 e. The highest BCUT2D eigenvalue weighted by atomic mass is 16.5. The van der Waals surface area contributed by atoms with Crippen LogP contribution in [0.4, 0.5) is 5.69 Å². The van der Waals surface area contributed by atoms with Gasteiger partial charge in [0.2, 0.25) is 0 Å². The van der Waals surface area contributed by atoms with Crippen molar-refractivity contribution in [2.75, 3.05) is 11.9 Å². The molecular formula is C26H25N3O5. The minimum atomic E-state index is -1.09. The van der Waals surface area contributed by atoms with Crippen molar-refractivity contribution < 1.29 is 23.9 Å². The number of amides is 3. The first-order valence-corrected chi connectivity index (χ1v) is 10.7. The third kappa shape index (κ3) is 6.77. The fourth-order valence-corrected chi connectivity index (χ4v) is 3.11. The summed E-state index contributed by atoms with van der Waals surface area (Å²) in [4.78, 5) is 49.5. The Balaban J connectivity index is 1.79. The number of anilines is 1. The van der Waals surface area contributed by atoms with Gasteiger partial charge in [-0.1, -0.05) is 60.7 Å². The normalized spacial score (nSPS) is 10.1. The Bertz CT molecular complexity index is 1160. The molecule has 3 aromatic rings. The van der Waals surface area contributed by atoms with E-state index in [1.165, 1.54) is 18.2 Å². The molecule has 0 aliphatic rings. The second-order valence-electron chi connectivity index (χ2n) is 7.27. The first-order valence-electron chi connectivity index (χ1n) is 10.7. The molecule has 3 amide bonds. The lowest BCUT2D eigenvalue weighted by Crippen LogP contribution is -2.29. The van der Waals surface area contributed by atoms with Gasteiger partial charge in [0.05, 0.1) is 17.9 Å². The van der Waals surface area contributed by atoms with Crippen LogP contribution in [-0.4, -0.2) is 30.3 Å². The van der Waals surface area contributed by atoms with Crippen LogP contribution in [0.2, 0.25) is 0 Å². The molecule has 0 saturated carbocycles. The van der Waals surface area contributed by atoms with Crippen LogP contribution in [0.1, 0.15) is 38.8 Å². The predicted octanol–water partition coefficient (Wildman–Crippen LogP) is 3.05. The number of hydrogen-bond donors (Lipinski definition) is 3. The van der Waals surface area contributed by atoms with Crippen molar-refractivity contribution in [3.63, 3.8) is 0 Å². The van der Waals surface area contributed by atoms with Crippen molar-refractivity contribution in [1.29, 1.82) is 0 Å². The highest BCUT2D eigenvalue weighted by Crippen LogP contribution is 2.19. The number of hydrogen-bond acceptors (Lipinski definition) is 5. The van der Waals surface area contributed by atoms with Gasteiger partial charge in [0.1, 0.15) is 0 Å². The quantitative estimate of drug-likeness (QED) is 0.354. The maximum absolute atomic E-state index is 12.8. The van der Waals surface area contributed by atoms with Crippen LogP contribution in [0.15, 0.2) is 78.9 Å². The highest BCUT2D eigenvalue weighted by Gasteiger charge is 2.20. The number of carbonyl (C=O) groups excluding carboxylic acids is 4. The van der Waals surface area contributed by atoms with Crippen LogP contribution in [-0.2, 0) is 27.4 Å². The van der Waals surface area contributed by atoms with E-state index >= 15 is 0 Å². The monoisotopic (exact) mass is 459 g/mol. The molecule has 0 atom stereocenters. The number of nitrogens with one attached hydrogen (secondary N) is 3. The first kappa shape index (κ1) is 24.2. The van der Waals surface area contributed by atoms with Crippen molar-refractivity contribution in [2.45, 2.75) is 20.0 Å². The molecule has 34 heavy (non-hydrogen) atoms. The highest BCUT2D eigenvalue weighted by molar-refractivity contribution is 6.37. The van der Waals surface area contributed by atoms with Gasteiger partial charge in [-0.2, -0.15) is 0 Å². The Morgan fingerprint density at radius 1 is 0.735 bits per heavy atom. The lowest BCUT2D eigenvalue weighted by atomic mass is 10.1. The van der Waals surface area contributed by atoms with Gasteiger partial charge in [-0.05, 0) is 36.2 Å². The lowest BCUT2D eigenvalue weighted by molar-refractivity contribution is -0.152. The van der Waals surface area contributed by atoms with Gasteiger partial charge in [-0.25, -0.2) is 4.79 Å². The van der Waals surface area contributed by atoms with Gasteiger partial charge in [0.15, 0.2) is 0 Å². The summed E-state index contributed by atoms with van der Waals surface area (Å²) in [5.41, 5.74) is 2.16. The fraction of sp³-hybridized carbons (Fsp3) is 0.154. The van der Waals surface area contributed by atoms with Gasteiger partial charge >= 0.3 is 11.9 Å². The van der Waals surface area contributed by atoms with Crippen LogP contribution in [0.5, 0.6) is 0 Å². The summed E-state index contributed by atoms with van der Waals surface area (Å²) in [7, 11) is 0. The Labute approximate surface area is 197 Å². The van der Waals surface area contributed by atoms with E-state index in [1.54, 1.807) is 6.92 Å². The summed E-state index contributed by atoms with van der Waals surface area (Å²) in [6, 6.07) is 23.0. The summed E-state index contributed by atoms with van der Waals surface area (Å²) in [5, 5.41) is 7.95. The number of carbonyl (C=O) groups is 4. The molecule has 3 N–H and O–H groups in total. The van der Waals surface area contributed by atoms with E-state index in [1.807, 2.05) is 60.7 Å². The zero-order valence-corrected chi connectivity index (χ0v) is 18.7. The van der Waals surface area contributed by atoms with Crippen molar-refractivity contribution >= 4 is 29.4 Å². The summed E-state index contributed by atoms with van der Waals surface area (Å²) in [5.74, 6) is -3.00. The van der Waals surface area contributed by atoms with E-state index in [-0.39, 0.29) is 30.0 Å². The van der Waals surface area contributed by atoms with Gasteiger partial charge in [-0.3, -0.25) is 14.4 Å². The summed E-state index contributed by atoms with van der Waals surface area (Å²) in [6.45, 7) is 2.18. The Hall–Kier alpha value is -4.46. The van der Waals surface area contributed by atoms with Crippen LogP contribution in [0.25, 0.3) is 0 Å². The molecule has 8 heteroatoms. The smallest absolute Gasteiger partial charge is 0.397 e. The molecule has 3 rings (SSSR count). The van der Waals surface area contributed by atoms with Crippen molar-refractivity contribution in [2.24, 2.45) is 0 Å². The molecule has 3 aromatic carbocycles. The average Bonchev–Trinajstić information content (AvgIpc) is 2.87. The molecule has 0 radical (unpaired) electrons. The Kier molecular flexibility index (Phi) is 8.51.